The average Bonchev–Trinajstić information content (AvgIpc) is 3.28. The molecule has 0 aliphatic rings. The van der Waals surface area contributed by atoms with Crippen LogP contribution in [0, 0.1) is 11.8 Å². The molecule has 6 nitrogen and oxygen atoms in total. The van der Waals surface area contributed by atoms with E-state index in [2.05, 4.69) is 34.6 Å². The lowest BCUT2D eigenvalue weighted by Gasteiger charge is -2.18. The van der Waals surface area contributed by atoms with Crippen molar-refractivity contribution in [3.05, 3.63) is 0 Å². The Morgan fingerprint density at radius 2 is 0.594 bits per heavy atom. The summed E-state index contributed by atoms with van der Waals surface area (Å²) in [6.07, 6.45) is 53.7. The van der Waals surface area contributed by atoms with Gasteiger partial charge in [0.25, 0.3) is 0 Å². The zero-order valence-corrected chi connectivity index (χ0v) is 43.9. The van der Waals surface area contributed by atoms with Crippen LogP contribution in [-0.2, 0) is 28.6 Å². The van der Waals surface area contributed by atoms with Crippen molar-refractivity contribution < 1.29 is 28.6 Å². The molecule has 0 bridgehead atoms. The fourth-order valence-corrected chi connectivity index (χ4v) is 8.84. The van der Waals surface area contributed by atoms with Crippen LogP contribution in [0.15, 0.2) is 0 Å². The van der Waals surface area contributed by atoms with Crippen LogP contribution in [0.4, 0.5) is 0 Å². The summed E-state index contributed by atoms with van der Waals surface area (Å²) in [5, 5.41) is 0. The zero-order chi connectivity index (χ0) is 46.8. The number of unbranched alkanes of at least 4 members (excludes halogenated alkanes) is 36. The van der Waals surface area contributed by atoms with Gasteiger partial charge in [0.05, 0.1) is 0 Å². The molecule has 0 heterocycles. The molecule has 2 atom stereocenters. The van der Waals surface area contributed by atoms with E-state index in [9.17, 15) is 14.4 Å². The Balaban J connectivity index is 4.29. The second kappa shape index (κ2) is 50.8. The molecule has 64 heavy (non-hydrogen) atoms. The molecule has 0 amide bonds. The van der Waals surface area contributed by atoms with Crippen molar-refractivity contribution in [2.24, 2.45) is 11.8 Å². The number of hydrogen-bond donors (Lipinski definition) is 0. The standard InChI is InChI=1S/C58H112O6/c1-6-8-9-10-11-12-13-14-15-16-17-18-21-25-28-35-40-45-50-58(61)64-55(52-63-57(60)49-44-39-34-30-29-32-37-42-47-54(5)7-2)51-62-56(59)48-43-38-33-27-24-22-19-20-23-26-31-36-41-46-53(3)4/h53-55H,6-52H2,1-5H3/t54?,55-/m1/s1. The molecule has 1 unspecified atom stereocenters. The molecule has 0 radical (unpaired) electrons. The van der Waals surface area contributed by atoms with Crippen molar-refractivity contribution in [3.8, 4) is 0 Å². The third-order valence-electron chi connectivity index (χ3n) is 13.6. The predicted octanol–water partition coefficient (Wildman–Crippen LogP) is 18.9. The summed E-state index contributed by atoms with van der Waals surface area (Å²) >= 11 is 0. The summed E-state index contributed by atoms with van der Waals surface area (Å²) in [5.41, 5.74) is 0. The van der Waals surface area contributed by atoms with Gasteiger partial charge in [0, 0.05) is 19.3 Å². The van der Waals surface area contributed by atoms with Crippen molar-refractivity contribution in [2.75, 3.05) is 13.2 Å². The van der Waals surface area contributed by atoms with E-state index in [0.29, 0.717) is 19.3 Å². The summed E-state index contributed by atoms with van der Waals surface area (Å²) in [6, 6.07) is 0. The van der Waals surface area contributed by atoms with Gasteiger partial charge < -0.3 is 14.2 Å². The minimum atomic E-state index is -0.763. The summed E-state index contributed by atoms with van der Waals surface area (Å²) in [4.78, 5) is 38.1. The Morgan fingerprint density at radius 3 is 0.891 bits per heavy atom. The van der Waals surface area contributed by atoms with Gasteiger partial charge in [0.15, 0.2) is 6.10 Å². The lowest BCUT2D eigenvalue weighted by atomic mass is 9.99. The van der Waals surface area contributed by atoms with Gasteiger partial charge in [0.2, 0.25) is 0 Å². The van der Waals surface area contributed by atoms with Gasteiger partial charge in [-0.1, -0.05) is 285 Å². The van der Waals surface area contributed by atoms with E-state index < -0.39 is 6.10 Å². The fourth-order valence-electron chi connectivity index (χ4n) is 8.84. The normalized spacial score (nSPS) is 12.5. The first-order valence-electron chi connectivity index (χ1n) is 28.8. The van der Waals surface area contributed by atoms with E-state index in [0.717, 1.165) is 69.6 Å². The van der Waals surface area contributed by atoms with Crippen LogP contribution in [0.2, 0.25) is 0 Å². The molecule has 0 rings (SSSR count). The Bertz CT molecular complexity index is 980. The van der Waals surface area contributed by atoms with Crippen molar-refractivity contribution in [1.82, 2.24) is 0 Å². The highest BCUT2D eigenvalue weighted by atomic mass is 16.6. The van der Waals surface area contributed by atoms with Crippen molar-refractivity contribution in [1.29, 1.82) is 0 Å². The third kappa shape index (κ3) is 49.8. The Morgan fingerprint density at radius 1 is 0.328 bits per heavy atom. The minimum absolute atomic E-state index is 0.0632. The van der Waals surface area contributed by atoms with Crippen molar-refractivity contribution in [2.45, 2.75) is 330 Å². The summed E-state index contributed by atoms with van der Waals surface area (Å²) in [6.45, 7) is 11.4. The van der Waals surface area contributed by atoms with Gasteiger partial charge in [-0.15, -0.1) is 0 Å². The maximum Gasteiger partial charge on any atom is 0.306 e. The summed E-state index contributed by atoms with van der Waals surface area (Å²) in [7, 11) is 0. The number of carbonyl (C=O) groups excluding carboxylic acids is 3. The van der Waals surface area contributed by atoms with E-state index in [1.165, 1.54) is 212 Å². The Kier molecular flexibility index (Phi) is 49.6. The maximum atomic E-state index is 12.8. The van der Waals surface area contributed by atoms with Crippen LogP contribution in [0.5, 0.6) is 0 Å². The van der Waals surface area contributed by atoms with E-state index in [-0.39, 0.29) is 31.1 Å². The minimum Gasteiger partial charge on any atom is -0.462 e. The van der Waals surface area contributed by atoms with Crippen molar-refractivity contribution >= 4 is 17.9 Å². The number of hydrogen-bond acceptors (Lipinski definition) is 6. The van der Waals surface area contributed by atoms with Gasteiger partial charge in [-0.2, -0.15) is 0 Å². The smallest absolute Gasteiger partial charge is 0.306 e. The SMILES string of the molecule is CCCCCCCCCCCCCCCCCCCCC(=O)O[C@H](COC(=O)CCCCCCCCCCCCCCCC(C)C)COC(=O)CCCCCCCCCCC(C)CC. The van der Waals surface area contributed by atoms with E-state index in [1.54, 1.807) is 0 Å². The van der Waals surface area contributed by atoms with Crippen LogP contribution in [-0.4, -0.2) is 37.2 Å². The van der Waals surface area contributed by atoms with Gasteiger partial charge in [-0.25, -0.2) is 0 Å². The quantitative estimate of drug-likeness (QED) is 0.0344. The third-order valence-corrected chi connectivity index (χ3v) is 13.6. The molecule has 0 N–H and O–H groups in total. The van der Waals surface area contributed by atoms with E-state index >= 15 is 0 Å². The van der Waals surface area contributed by atoms with E-state index in [4.69, 9.17) is 14.2 Å². The van der Waals surface area contributed by atoms with Gasteiger partial charge in [0.1, 0.15) is 13.2 Å². The molecule has 0 saturated carbocycles. The molecule has 0 aromatic heterocycles. The maximum absolute atomic E-state index is 12.8. The Hall–Kier alpha value is -1.59. The molecule has 380 valence electrons. The molecule has 6 heteroatoms. The predicted molar refractivity (Wildman–Crippen MR) is 275 cm³/mol. The van der Waals surface area contributed by atoms with Crippen LogP contribution < -0.4 is 0 Å². The van der Waals surface area contributed by atoms with Crippen LogP contribution >= 0.6 is 0 Å². The largest absolute Gasteiger partial charge is 0.462 e. The van der Waals surface area contributed by atoms with Crippen LogP contribution in [0.3, 0.4) is 0 Å². The fraction of sp³-hybridized carbons (Fsp3) is 0.948. The monoisotopic (exact) mass is 905 g/mol. The van der Waals surface area contributed by atoms with E-state index in [1.807, 2.05) is 0 Å². The second-order valence-corrected chi connectivity index (χ2v) is 20.6. The van der Waals surface area contributed by atoms with Gasteiger partial charge in [-0.05, 0) is 31.1 Å². The topological polar surface area (TPSA) is 78.9 Å². The van der Waals surface area contributed by atoms with Gasteiger partial charge in [-0.3, -0.25) is 14.4 Å². The number of carbonyl (C=O) groups is 3. The first-order valence-corrected chi connectivity index (χ1v) is 28.8. The molecular formula is C58H112O6. The average molecular weight is 906 g/mol. The van der Waals surface area contributed by atoms with Crippen LogP contribution in [0.1, 0.15) is 324 Å². The number of rotatable bonds is 52. The summed E-state index contributed by atoms with van der Waals surface area (Å²) < 4.78 is 16.9. The highest BCUT2D eigenvalue weighted by molar-refractivity contribution is 5.71. The first kappa shape index (κ1) is 62.4. The molecule has 0 aromatic rings. The van der Waals surface area contributed by atoms with Crippen LogP contribution in [0.25, 0.3) is 0 Å². The lowest BCUT2D eigenvalue weighted by Crippen LogP contribution is -2.30. The molecule has 0 aliphatic heterocycles. The number of esters is 3. The lowest BCUT2D eigenvalue weighted by molar-refractivity contribution is -0.167. The zero-order valence-electron chi connectivity index (χ0n) is 43.9. The number of ether oxygens (including phenoxy) is 3. The Labute approximate surface area is 399 Å². The molecule has 0 saturated heterocycles. The highest BCUT2D eigenvalue weighted by Gasteiger charge is 2.19. The molecule has 0 spiro atoms. The molecular weight excluding hydrogens is 793 g/mol. The first-order chi connectivity index (χ1) is 31.3. The van der Waals surface area contributed by atoms with Crippen molar-refractivity contribution in [3.63, 3.8) is 0 Å². The molecule has 0 aromatic carbocycles. The summed E-state index contributed by atoms with van der Waals surface area (Å²) in [5.74, 6) is 0.846. The molecule has 0 fully saturated rings. The van der Waals surface area contributed by atoms with Gasteiger partial charge >= 0.3 is 17.9 Å². The second-order valence-electron chi connectivity index (χ2n) is 20.6. The molecule has 0 aliphatic carbocycles. The highest BCUT2D eigenvalue weighted by Crippen LogP contribution is 2.18.